The van der Waals surface area contributed by atoms with Crippen molar-refractivity contribution in [2.75, 3.05) is 19.7 Å². The first-order chi connectivity index (χ1) is 10.7. The Kier molecular flexibility index (Phi) is 4.73. The Labute approximate surface area is 129 Å². The van der Waals surface area contributed by atoms with E-state index in [2.05, 4.69) is 9.88 Å². The molecule has 0 amide bonds. The van der Waals surface area contributed by atoms with Gasteiger partial charge in [-0.3, -0.25) is 4.90 Å². The third-order valence-corrected chi connectivity index (χ3v) is 3.95. The van der Waals surface area contributed by atoms with Crippen LogP contribution in [0.15, 0.2) is 34.9 Å². The molecule has 4 nitrogen and oxygen atoms in total. The fourth-order valence-electron chi connectivity index (χ4n) is 2.89. The topological polar surface area (TPSA) is 38.5 Å². The van der Waals surface area contributed by atoms with Crippen LogP contribution in [0.4, 0.5) is 4.39 Å². The quantitative estimate of drug-likeness (QED) is 0.848. The molecule has 1 atom stereocenters. The van der Waals surface area contributed by atoms with Crippen molar-refractivity contribution in [2.24, 2.45) is 5.92 Å². The summed E-state index contributed by atoms with van der Waals surface area (Å²) >= 11 is 0. The van der Waals surface area contributed by atoms with Crippen molar-refractivity contribution in [2.45, 2.75) is 26.3 Å². The molecule has 3 rings (SSSR count). The molecule has 1 fully saturated rings. The van der Waals surface area contributed by atoms with Crippen LogP contribution in [-0.2, 0) is 6.54 Å². The molecule has 0 saturated carbocycles. The molecule has 0 N–H and O–H groups in total. The van der Waals surface area contributed by atoms with Crippen LogP contribution in [-0.4, -0.2) is 29.6 Å². The maximum absolute atomic E-state index is 12.9. The zero-order chi connectivity index (χ0) is 15.4. The Morgan fingerprint density at radius 1 is 1.36 bits per heavy atom. The van der Waals surface area contributed by atoms with E-state index in [0.29, 0.717) is 18.4 Å². The summed E-state index contributed by atoms with van der Waals surface area (Å²) in [5.74, 6) is 1.69. The van der Waals surface area contributed by atoms with Gasteiger partial charge >= 0.3 is 0 Å². The minimum atomic E-state index is -0.237. The summed E-state index contributed by atoms with van der Waals surface area (Å²) in [5, 5.41) is 0. The number of ether oxygens (including phenoxy) is 1. The number of hydrogen-bond donors (Lipinski definition) is 0. The molecule has 1 aromatic heterocycles. The first-order valence-corrected chi connectivity index (χ1v) is 7.71. The number of aromatic nitrogens is 1. The number of halogens is 1. The van der Waals surface area contributed by atoms with Crippen LogP contribution in [0.3, 0.4) is 0 Å². The van der Waals surface area contributed by atoms with Crippen molar-refractivity contribution >= 4 is 0 Å². The summed E-state index contributed by atoms with van der Waals surface area (Å²) in [7, 11) is 0. The van der Waals surface area contributed by atoms with Crippen molar-refractivity contribution in [3.8, 4) is 5.75 Å². The van der Waals surface area contributed by atoms with Crippen LogP contribution in [0.1, 0.15) is 24.4 Å². The molecule has 0 unspecified atom stereocenters. The molecule has 0 spiro atoms. The monoisotopic (exact) mass is 304 g/mol. The summed E-state index contributed by atoms with van der Waals surface area (Å²) in [6.07, 6.45) is 4.05. The van der Waals surface area contributed by atoms with Crippen LogP contribution >= 0.6 is 0 Å². The molecular formula is C17H21FN2O2. The molecule has 0 bridgehead atoms. The summed E-state index contributed by atoms with van der Waals surface area (Å²) in [4.78, 5) is 6.74. The molecule has 1 aliphatic heterocycles. The molecule has 2 aromatic rings. The second kappa shape index (κ2) is 6.92. The summed E-state index contributed by atoms with van der Waals surface area (Å²) < 4.78 is 23.9. The van der Waals surface area contributed by atoms with Gasteiger partial charge in [-0.1, -0.05) is 0 Å². The number of likely N-dealkylation sites (tertiary alicyclic amines) is 1. The Bertz CT molecular complexity index is 597. The molecule has 0 radical (unpaired) electrons. The van der Waals surface area contributed by atoms with Crippen LogP contribution < -0.4 is 4.74 Å². The zero-order valence-electron chi connectivity index (χ0n) is 12.8. The summed E-state index contributed by atoms with van der Waals surface area (Å²) in [6.45, 7) is 5.43. The van der Waals surface area contributed by atoms with Gasteiger partial charge in [-0.05, 0) is 43.7 Å². The van der Waals surface area contributed by atoms with Gasteiger partial charge in [0.1, 0.15) is 17.8 Å². The van der Waals surface area contributed by atoms with Gasteiger partial charge in [-0.2, -0.15) is 0 Å². The summed E-state index contributed by atoms with van der Waals surface area (Å²) in [6, 6.07) is 6.20. The van der Waals surface area contributed by atoms with Crippen molar-refractivity contribution in [1.82, 2.24) is 9.88 Å². The number of rotatable bonds is 5. The highest BCUT2D eigenvalue weighted by Gasteiger charge is 2.21. The fourth-order valence-corrected chi connectivity index (χ4v) is 2.89. The third kappa shape index (κ3) is 4.07. The number of benzene rings is 1. The van der Waals surface area contributed by atoms with E-state index in [1.165, 1.54) is 12.1 Å². The Morgan fingerprint density at radius 3 is 2.91 bits per heavy atom. The predicted molar refractivity (Wildman–Crippen MR) is 81.1 cm³/mol. The van der Waals surface area contributed by atoms with Gasteiger partial charge in [0, 0.05) is 25.9 Å². The van der Waals surface area contributed by atoms with E-state index >= 15 is 0 Å². The number of oxazole rings is 1. The lowest BCUT2D eigenvalue weighted by Crippen LogP contribution is -2.37. The van der Waals surface area contributed by atoms with Crippen LogP contribution in [0.5, 0.6) is 5.75 Å². The maximum Gasteiger partial charge on any atom is 0.191 e. The highest BCUT2D eigenvalue weighted by atomic mass is 19.1. The lowest BCUT2D eigenvalue weighted by Gasteiger charge is -2.32. The van der Waals surface area contributed by atoms with Gasteiger partial charge < -0.3 is 9.15 Å². The lowest BCUT2D eigenvalue weighted by atomic mass is 9.99. The standard InChI is InChI=1S/C17H21FN2O2/c1-13-19-16(12-21-13)10-20-8-2-3-14(9-20)11-22-17-6-4-15(18)5-7-17/h4-7,12,14H,2-3,8-11H2,1H3/t14-/m1/s1. The molecule has 1 saturated heterocycles. The first kappa shape index (κ1) is 15.0. The molecule has 0 aliphatic carbocycles. The van der Waals surface area contributed by atoms with Crippen LogP contribution in [0.25, 0.3) is 0 Å². The average Bonchev–Trinajstić information content (AvgIpc) is 2.92. The highest BCUT2D eigenvalue weighted by Crippen LogP contribution is 2.20. The van der Waals surface area contributed by atoms with Gasteiger partial charge in [0.05, 0.1) is 12.3 Å². The largest absolute Gasteiger partial charge is 0.493 e. The van der Waals surface area contributed by atoms with Crippen LogP contribution in [0, 0.1) is 18.7 Å². The fraction of sp³-hybridized carbons (Fsp3) is 0.471. The second-order valence-electron chi connectivity index (χ2n) is 5.87. The van der Waals surface area contributed by atoms with Gasteiger partial charge in [-0.15, -0.1) is 0 Å². The Balaban J connectivity index is 1.49. The van der Waals surface area contributed by atoms with Crippen molar-refractivity contribution in [3.05, 3.63) is 47.9 Å². The van der Waals surface area contributed by atoms with Gasteiger partial charge in [-0.25, -0.2) is 9.37 Å². The molecule has 1 aliphatic rings. The zero-order valence-corrected chi connectivity index (χ0v) is 12.8. The molecule has 22 heavy (non-hydrogen) atoms. The Hall–Kier alpha value is -1.88. The minimum Gasteiger partial charge on any atom is -0.493 e. The van der Waals surface area contributed by atoms with E-state index in [1.807, 2.05) is 6.92 Å². The van der Waals surface area contributed by atoms with E-state index in [4.69, 9.17) is 9.15 Å². The average molecular weight is 304 g/mol. The highest BCUT2D eigenvalue weighted by molar-refractivity contribution is 5.22. The summed E-state index contributed by atoms with van der Waals surface area (Å²) in [5.41, 5.74) is 0.984. The number of aryl methyl sites for hydroxylation is 1. The minimum absolute atomic E-state index is 0.237. The molecular weight excluding hydrogens is 283 g/mol. The molecule has 118 valence electrons. The molecule has 5 heteroatoms. The number of piperidine rings is 1. The normalized spacial score (nSPS) is 19.3. The van der Waals surface area contributed by atoms with E-state index < -0.39 is 0 Å². The van der Waals surface area contributed by atoms with E-state index in [0.717, 1.165) is 43.9 Å². The van der Waals surface area contributed by atoms with Gasteiger partial charge in [0.15, 0.2) is 5.89 Å². The van der Waals surface area contributed by atoms with Crippen LogP contribution in [0.2, 0.25) is 0 Å². The van der Waals surface area contributed by atoms with Crippen molar-refractivity contribution < 1.29 is 13.5 Å². The van der Waals surface area contributed by atoms with Crippen molar-refractivity contribution in [3.63, 3.8) is 0 Å². The maximum atomic E-state index is 12.9. The second-order valence-corrected chi connectivity index (χ2v) is 5.87. The smallest absolute Gasteiger partial charge is 0.191 e. The van der Waals surface area contributed by atoms with Gasteiger partial charge in [0.25, 0.3) is 0 Å². The lowest BCUT2D eigenvalue weighted by molar-refractivity contribution is 0.124. The molecule has 2 heterocycles. The molecule has 1 aromatic carbocycles. The van der Waals surface area contributed by atoms with E-state index in [9.17, 15) is 4.39 Å². The SMILES string of the molecule is Cc1nc(CN2CCC[C@@H](COc3ccc(F)cc3)C2)co1. The van der Waals surface area contributed by atoms with E-state index in [1.54, 1.807) is 18.4 Å². The van der Waals surface area contributed by atoms with E-state index in [-0.39, 0.29) is 5.82 Å². The Morgan fingerprint density at radius 2 is 2.18 bits per heavy atom. The van der Waals surface area contributed by atoms with Crippen molar-refractivity contribution in [1.29, 1.82) is 0 Å². The first-order valence-electron chi connectivity index (χ1n) is 7.71. The predicted octanol–water partition coefficient (Wildman–Crippen LogP) is 3.41. The van der Waals surface area contributed by atoms with Gasteiger partial charge in [0.2, 0.25) is 0 Å². The number of hydrogen-bond acceptors (Lipinski definition) is 4. The third-order valence-electron chi connectivity index (χ3n) is 3.95. The number of nitrogens with zero attached hydrogens (tertiary/aromatic N) is 2.